The van der Waals surface area contributed by atoms with Crippen molar-refractivity contribution in [1.82, 2.24) is 14.9 Å². The summed E-state index contributed by atoms with van der Waals surface area (Å²) in [5, 5.41) is 4.01. The van der Waals surface area contributed by atoms with Gasteiger partial charge in [0.05, 0.1) is 16.7 Å². The first-order valence-corrected chi connectivity index (χ1v) is 13.0. The Balaban J connectivity index is 0.000000503. The summed E-state index contributed by atoms with van der Waals surface area (Å²) in [5.41, 5.74) is 3.22. The smallest absolute Gasteiger partial charge is 0.148 e. The van der Waals surface area contributed by atoms with Crippen molar-refractivity contribution < 1.29 is 13.9 Å². The number of halogens is 2. The fraction of sp³-hybridized carbons (Fsp3) is 0.310. The molecule has 8 heteroatoms. The molecule has 1 saturated heterocycles. The van der Waals surface area contributed by atoms with Crippen molar-refractivity contribution in [2.75, 3.05) is 31.1 Å². The van der Waals surface area contributed by atoms with E-state index in [0.717, 1.165) is 68.0 Å². The fourth-order valence-corrected chi connectivity index (χ4v) is 4.41. The highest BCUT2D eigenvalue weighted by atomic mass is 35.5. The van der Waals surface area contributed by atoms with Crippen molar-refractivity contribution >= 4 is 34.6 Å². The zero-order chi connectivity index (χ0) is 25.6. The van der Waals surface area contributed by atoms with Crippen molar-refractivity contribution in [3.05, 3.63) is 89.0 Å². The molecule has 1 aliphatic heterocycles. The first-order valence-electron chi connectivity index (χ1n) is 12.6. The minimum atomic E-state index is -0.244. The van der Waals surface area contributed by atoms with Crippen LogP contribution < -0.4 is 15.0 Å². The number of aromatic nitrogens is 2. The van der Waals surface area contributed by atoms with Crippen LogP contribution in [0.5, 0.6) is 5.75 Å². The van der Waals surface area contributed by atoms with Crippen molar-refractivity contribution in [1.29, 1.82) is 0 Å². The highest BCUT2D eigenvalue weighted by molar-refractivity contribution is 6.30. The first-order chi connectivity index (χ1) is 18.1. The first kappa shape index (κ1) is 25.2. The van der Waals surface area contributed by atoms with Gasteiger partial charge in [0, 0.05) is 49.7 Å². The number of nitrogens with one attached hydrogen (secondary N) is 1. The van der Waals surface area contributed by atoms with E-state index < -0.39 is 0 Å². The molecule has 2 fully saturated rings. The molecule has 6 rings (SSSR count). The van der Waals surface area contributed by atoms with Gasteiger partial charge in [-0.25, -0.2) is 9.37 Å². The second kappa shape index (κ2) is 11.8. The lowest BCUT2D eigenvalue weighted by atomic mass is 10.2. The molecule has 0 bridgehead atoms. The number of piperazine rings is 1. The van der Waals surface area contributed by atoms with E-state index in [-0.39, 0.29) is 12.4 Å². The van der Waals surface area contributed by atoms with Gasteiger partial charge in [0.15, 0.2) is 0 Å². The van der Waals surface area contributed by atoms with Crippen LogP contribution >= 0.6 is 11.6 Å². The molecule has 1 saturated carbocycles. The number of hydrogen-bond acceptors (Lipinski definition) is 5. The Morgan fingerprint density at radius 2 is 1.78 bits per heavy atom. The lowest BCUT2D eigenvalue weighted by Crippen LogP contribution is -2.43. The quantitative estimate of drug-likeness (QED) is 0.328. The highest BCUT2D eigenvalue weighted by Crippen LogP contribution is 2.29. The maximum Gasteiger partial charge on any atom is 0.148 e. The molecular weight excluding hydrogens is 491 g/mol. The molecule has 1 aromatic heterocycles. The van der Waals surface area contributed by atoms with Crippen LogP contribution in [0, 0.1) is 11.7 Å². The topological polar surface area (TPSA) is 59.4 Å². The van der Waals surface area contributed by atoms with Crippen LogP contribution in [0.4, 0.5) is 10.1 Å². The summed E-state index contributed by atoms with van der Waals surface area (Å²) in [6, 6.07) is 20.8. The molecule has 0 radical (unpaired) electrons. The van der Waals surface area contributed by atoms with Gasteiger partial charge in [0.25, 0.3) is 0 Å². The largest absolute Gasteiger partial charge is 0.486 e. The van der Waals surface area contributed by atoms with Crippen molar-refractivity contribution in [2.45, 2.75) is 26.0 Å². The van der Waals surface area contributed by atoms with E-state index in [1.807, 2.05) is 60.7 Å². The number of carbonyl (C=O) groups is 1. The standard InChI is InChI=1S/C25H24ClFN4O.C4H6O/c26-19-8-6-18(7-9-19)16-31-24-15-23(30-12-10-28-11-13-30)21(27)14-22(24)29-25(31)17-32-20-4-2-1-3-5-20;5-3-4-1-2-4/h1-9,14-15,28H,10-13,16-17H2;3-4H,1-2H2. The number of para-hydroxylation sites is 1. The Morgan fingerprint density at radius 1 is 1.05 bits per heavy atom. The van der Waals surface area contributed by atoms with Gasteiger partial charge in [-0.3, -0.25) is 0 Å². The van der Waals surface area contributed by atoms with Crippen LogP contribution in [-0.4, -0.2) is 42.0 Å². The zero-order valence-corrected chi connectivity index (χ0v) is 21.3. The monoisotopic (exact) mass is 520 g/mol. The molecule has 0 spiro atoms. The van der Waals surface area contributed by atoms with E-state index in [1.165, 1.54) is 6.07 Å². The van der Waals surface area contributed by atoms with Gasteiger partial charge in [0.2, 0.25) is 0 Å². The number of hydrogen-bond donors (Lipinski definition) is 1. The van der Waals surface area contributed by atoms with Crippen LogP contribution in [0.1, 0.15) is 24.2 Å². The summed E-state index contributed by atoms with van der Waals surface area (Å²) >= 11 is 6.07. The average Bonchev–Trinajstić information content (AvgIpc) is 3.72. The molecule has 4 aromatic rings. The number of nitrogens with zero attached hydrogens (tertiary/aromatic N) is 3. The lowest BCUT2D eigenvalue weighted by molar-refractivity contribution is -0.108. The van der Waals surface area contributed by atoms with Gasteiger partial charge in [-0.05, 0) is 48.7 Å². The van der Waals surface area contributed by atoms with E-state index in [9.17, 15) is 4.79 Å². The van der Waals surface area contributed by atoms with Gasteiger partial charge in [-0.15, -0.1) is 0 Å². The lowest BCUT2D eigenvalue weighted by Gasteiger charge is -2.29. The number of carbonyl (C=O) groups excluding carboxylic acids is 1. The maximum absolute atomic E-state index is 15.0. The van der Waals surface area contributed by atoms with E-state index in [0.29, 0.717) is 28.7 Å². The highest BCUT2D eigenvalue weighted by Gasteiger charge is 2.20. The van der Waals surface area contributed by atoms with E-state index in [1.54, 1.807) is 0 Å². The second-order valence-corrected chi connectivity index (χ2v) is 9.78. The number of rotatable bonds is 7. The Morgan fingerprint density at radius 3 is 2.43 bits per heavy atom. The summed E-state index contributed by atoms with van der Waals surface area (Å²) in [4.78, 5) is 16.4. The molecule has 37 heavy (non-hydrogen) atoms. The van der Waals surface area contributed by atoms with Gasteiger partial charge >= 0.3 is 0 Å². The van der Waals surface area contributed by atoms with Crippen LogP contribution in [-0.2, 0) is 17.9 Å². The molecule has 2 heterocycles. The number of aldehydes is 1. The third-order valence-electron chi connectivity index (χ3n) is 6.53. The van der Waals surface area contributed by atoms with Crippen molar-refractivity contribution in [3.8, 4) is 5.75 Å². The van der Waals surface area contributed by atoms with Gasteiger partial charge < -0.3 is 24.3 Å². The number of fused-ring (bicyclic) bond motifs is 1. The summed E-state index contributed by atoms with van der Waals surface area (Å²) in [7, 11) is 0. The van der Waals surface area contributed by atoms with Crippen molar-refractivity contribution in [2.24, 2.45) is 5.92 Å². The van der Waals surface area contributed by atoms with Crippen LogP contribution in [0.15, 0.2) is 66.7 Å². The van der Waals surface area contributed by atoms with Crippen molar-refractivity contribution in [3.63, 3.8) is 0 Å². The molecular formula is C29H30ClFN4O2. The molecule has 1 N–H and O–H groups in total. The van der Waals surface area contributed by atoms with Gasteiger partial charge in [-0.2, -0.15) is 0 Å². The summed E-state index contributed by atoms with van der Waals surface area (Å²) in [6.45, 7) is 4.12. The Labute approximate surface area is 221 Å². The minimum absolute atomic E-state index is 0.244. The zero-order valence-electron chi connectivity index (χ0n) is 20.6. The molecule has 0 atom stereocenters. The number of benzene rings is 3. The molecule has 3 aromatic carbocycles. The summed E-state index contributed by atoms with van der Waals surface area (Å²) in [6.07, 6.45) is 3.31. The molecule has 192 valence electrons. The molecule has 0 amide bonds. The normalized spacial score (nSPS) is 15.2. The van der Waals surface area contributed by atoms with Gasteiger partial charge in [0.1, 0.15) is 30.3 Å². The SMILES string of the molecule is Fc1cc2nc(COc3ccccc3)n(Cc3ccc(Cl)cc3)c2cc1N1CCNCC1.O=CC1CC1. The molecule has 6 nitrogen and oxygen atoms in total. The maximum atomic E-state index is 15.0. The number of ether oxygens (including phenoxy) is 1. The average molecular weight is 521 g/mol. The Hall–Kier alpha value is -3.42. The summed E-state index contributed by atoms with van der Waals surface area (Å²) < 4.78 is 23.1. The predicted molar refractivity (Wildman–Crippen MR) is 145 cm³/mol. The minimum Gasteiger partial charge on any atom is -0.486 e. The molecule has 2 aliphatic rings. The van der Waals surface area contributed by atoms with Crippen LogP contribution in [0.2, 0.25) is 5.02 Å². The third-order valence-corrected chi connectivity index (χ3v) is 6.79. The third kappa shape index (κ3) is 6.48. The molecule has 1 aliphatic carbocycles. The van der Waals surface area contributed by atoms with Gasteiger partial charge in [-0.1, -0.05) is 41.9 Å². The molecule has 0 unspecified atom stereocenters. The van der Waals surface area contributed by atoms with E-state index >= 15 is 4.39 Å². The second-order valence-electron chi connectivity index (χ2n) is 9.35. The summed E-state index contributed by atoms with van der Waals surface area (Å²) in [5.74, 6) is 1.72. The number of anilines is 1. The van der Waals surface area contributed by atoms with E-state index in [2.05, 4.69) is 14.8 Å². The van der Waals surface area contributed by atoms with E-state index in [4.69, 9.17) is 21.3 Å². The van der Waals surface area contributed by atoms with Crippen LogP contribution in [0.3, 0.4) is 0 Å². The fourth-order valence-electron chi connectivity index (χ4n) is 4.29. The Bertz CT molecular complexity index is 1330. The number of imidazole rings is 1. The Kier molecular flexibility index (Phi) is 8.02. The predicted octanol–water partition coefficient (Wildman–Crippen LogP) is 5.46. The van der Waals surface area contributed by atoms with Crippen LogP contribution in [0.25, 0.3) is 11.0 Å².